The number of rotatable bonds is 4. The molecule has 3 heterocycles. The zero-order valence-electron chi connectivity index (χ0n) is 16.2. The Labute approximate surface area is 167 Å². The van der Waals surface area contributed by atoms with Crippen molar-refractivity contribution in [2.24, 2.45) is 5.92 Å². The van der Waals surface area contributed by atoms with Gasteiger partial charge in [0.25, 0.3) is 0 Å². The first-order chi connectivity index (χ1) is 13.5. The van der Waals surface area contributed by atoms with Crippen molar-refractivity contribution in [2.75, 3.05) is 13.2 Å². The van der Waals surface area contributed by atoms with E-state index in [0.29, 0.717) is 27.4 Å². The highest BCUT2D eigenvalue weighted by Gasteiger charge is 2.48. The molecule has 1 saturated heterocycles. The van der Waals surface area contributed by atoms with Crippen molar-refractivity contribution < 1.29 is 19.1 Å². The molecular formula is C17H26N6O4S. The molecule has 11 heteroatoms. The highest BCUT2D eigenvalue weighted by molar-refractivity contribution is 8.06. The van der Waals surface area contributed by atoms with Gasteiger partial charge >= 0.3 is 11.9 Å². The largest absolute Gasteiger partial charge is 0.461 e. The van der Waals surface area contributed by atoms with Gasteiger partial charge in [-0.1, -0.05) is 6.92 Å². The smallest absolute Gasteiger partial charge is 0.358 e. The average molecular weight is 411 g/mol. The number of hydrogen-bond donors (Lipinski definition) is 4. The number of nitrogens with one attached hydrogen (secondary N) is 4. The van der Waals surface area contributed by atoms with Gasteiger partial charge in [0.2, 0.25) is 0 Å². The molecule has 3 aliphatic heterocycles. The number of esters is 2. The van der Waals surface area contributed by atoms with Gasteiger partial charge in [-0.3, -0.25) is 20.9 Å². The van der Waals surface area contributed by atoms with Crippen molar-refractivity contribution in [3.05, 3.63) is 21.5 Å². The van der Waals surface area contributed by atoms with E-state index in [1.807, 2.05) is 10.0 Å². The molecular weight excluding hydrogens is 384 g/mol. The molecule has 4 N–H and O–H groups in total. The van der Waals surface area contributed by atoms with Crippen LogP contribution >= 0.6 is 11.8 Å². The minimum atomic E-state index is -0.425. The Morgan fingerprint density at radius 3 is 2.04 bits per heavy atom. The summed E-state index contributed by atoms with van der Waals surface area (Å²) >= 11 is 1.34. The summed E-state index contributed by atoms with van der Waals surface area (Å²) in [6.07, 6.45) is 3.01. The monoisotopic (exact) mass is 410 g/mol. The maximum absolute atomic E-state index is 12.5. The number of ether oxygens (including phenoxy) is 2. The highest BCUT2D eigenvalue weighted by atomic mass is 32.2. The topological polar surface area (TPSA) is 107 Å². The normalized spacial score (nSPS) is 28.8. The van der Waals surface area contributed by atoms with Crippen molar-refractivity contribution in [1.29, 1.82) is 0 Å². The fraction of sp³-hybridized carbons (Fsp3) is 0.647. The maximum Gasteiger partial charge on any atom is 0.358 e. The number of hydrogen-bond acceptors (Lipinski definition) is 11. The highest BCUT2D eigenvalue weighted by Crippen LogP contribution is 2.46. The average Bonchev–Trinajstić information content (AvgIpc) is 3.24. The van der Waals surface area contributed by atoms with Gasteiger partial charge in [-0.15, -0.1) is 11.1 Å². The van der Waals surface area contributed by atoms with Crippen molar-refractivity contribution in [3.8, 4) is 0 Å². The maximum atomic E-state index is 12.5. The Morgan fingerprint density at radius 1 is 0.964 bits per heavy atom. The molecule has 0 radical (unpaired) electrons. The van der Waals surface area contributed by atoms with E-state index in [2.05, 4.69) is 28.8 Å². The lowest BCUT2D eigenvalue weighted by molar-refractivity contribution is -0.139. The molecule has 0 aromatic heterocycles. The fourth-order valence-corrected chi connectivity index (χ4v) is 5.25. The predicted molar refractivity (Wildman–Crippen MR) is 102 cm³/mol. The van der Waals surface area contributed by atoms with Crippen LogP contribution in [0.5, 0.6) is 0 Å². The summed E-state index contributed by atoms with van der Waals surface area (Å²) in [5, 5.41) is 5.41. The van der Waals surface area contributed by atoms with Crippen molar-refractivity contribution in [3.63, 3.8) is 0 Å². The van der Waals surface area contributed by atoms with Crippen LogP contribution in [0.1, 0.15) is 40.0 Å². The molecule has 0 bridgehead atoms. The molecule has 3 unspecified atom stereocenters. The van der Waals surface area contributed by atoms with Gasteiger partial charge in [0.05, 0.1) is 25.3 Å². The van der Waals surface area contributed by atoms with E-state index in [0.717, 1.165) is 19.3 Å². The van der Waals surface area contributed by atoms with Crippen LogP contribution < -0.4 is 21.9 Å². The molecule has 28 heavy (non-hydrogen) atoms. The molecule has 2 fully saturated rings. The SMILES string of the molecule is CCOC(=O)C1=C2SC3=C(C(=O)OCC)NNN3C3CC(C)CCC3N2NN1. The Bertz CT molecular complexity index is 741. The van der Waals surface area contributed by atoms with Crippen LogP contribution in [-0.2, 0) is 19.1 Å². The molecule has 4 aliphatic rings. The van der Waals surface area contributed by atoms with Crippen LogP contribution in [0.2, 0.25) is 0 Å². The van der Waals surface area contributed by atoms with E-state index in [1.54, 1.807) is 13.8 Å². The number of fused-ring (bicyclic) bond motifs is 5. The van der Waals surface area contributed by atoms with E-state index in [4.69, 9.17) is 9.47 Å². The van der Waals surface area contributed by atoms with Gasteiger partial charge in [-0.05, 0) is 50.8 Å². The van der Waals surface area contributed by atoms with Crippen LogP contribution in [-0.4, -0.2) is 47.3 Å². The Balaban J connectivity index is 1.77. The third-order valence-electron chi connectivity index (χ3n) is 5.33. The van der Waals surface area contributed by atoms with Crippen LogP contribution in [0, 0.1) is 5.92 Å². The molecule has 1 saturated carbocycles. The molecule has 4 rings (SSSR count). The van der Waals surface area contributed by atoms with Gasteiger partial charge in [-0.2, -0.15) is 0 Å². The van der Waals surface area contributed by atoms with Crippen LogP contribution in [0.15, 0.2) is 21.5 Å². The van der Waals surface area contributed by atoms with Crippen molar-refractivity contribution in [1.82, 2.24) is 31.9 Å². The van der Waals surface area contributed by atoms with E-state index in [-0.39, 0.29) is 25.3 Å². The first-order valence-electron chi connectivity index (χ1n) is 9.67. The standard InChI is InChI=1S/C17H26N6O4S/c1-4-26-16(24)12-14-22(20-18-12)10-7-6-9(3)8-11(10)23-15(28-14)13(19-21-23)17(25)27-5-2/h9-11,18-21H,4-8H2,1-3H3. The Kier molecular flexibility index (Phi) is 5.30. The minimum Gasteiger partial charge on any atom is -0.461 e. The summed E-state index contributed by atoms with van der Waals surface area (Å²) in [5.74, 6) is -0.288. The Hall–Kier alpha value is -2.11. The number of thioether (sulfide) groups is 1. The minimum absolute atomic E-state index is 0.110. The third kappa shape index (κ3) is 3.16. The van der Waals surface area contributed by atoms with Crippen LogP contribution in [0.25, 0.3) is 0 Å². The van der Waals surface area contributed by atoms with E-state index in [9.17, 15) is 9.59 Å². The first-order valence-corrected chi connectivity index (χ1v) is 10.5. The molecule has 0 aromatic rings. The number of carbonyl (C=O) groups excluding carboxylic acids is 2. The van der Waals surface area contributed by atoms with Gasteiger partial charge < -0.3 is 9.47 Å². The zero-order valence-corrected chi connectivity index (χ0v) is 17.0. The molecule has 1 aliphatic carbocycles. The molecule has 0 spiro atoms. The van der Waals surface area contributed by atoms with E-state index < -0.39 is 11.9 Å². The van der Waals surface area contributed by atoms with E-state index >= 15 is 0 Å². The van der Waals surface area contributed by atoms with Crippen molar-refractivity contribution in [2.45, 2.75) is 52.1 Å². The molecule has 3 atom stereocenters. The summed E-state index contributed by atoms with van der Waals surface area (Å²) < 4.78 is 10.4. The van der Waals surface area contributed by atoms with Crippen molar-refractivity contribution >= 4 is 23.7 Å². The lowest BCUT2D eigenvalue weighted by Gasteiger charge is -2.42. The zero-order chi connectivity index (χ0) is 19.8. The van der Waals surface area contributed by atoms with Gasteiger partial charge in [-0.25, -0.2) is 9.59 Å². The molecule has 0 aromatic carbocycles. The fourth-order valence-electron chi connectivity index (χ4n) is 4.04. The Morgan fingerprint density at radius 2 is 1.50 bits per heavy atom. The summed E-state index contributed by atoms with van der Waals surface area (Å²) in [5.41, 5.74) is 12.9. The second kappa shape index (κ2) is 7.72. The van der Waals surface area contributed by atoms with Gasteiger partial charge in [0.1, 0.15) is 10.1 Å². The second-order valence-electron chi connectivity index (χ2n) is 7.17. The lowest BCUT2D eigenvalue weighted by atomic mass is 9.83. The van der Waals surface area contributed by atoms with Crippen LogP contribution in [0.3, 0.4) is 0 Å². The lowest BCUT2D eigenvalue weighted by Crippen LogP contribution is -2.58. The number of hydrazine groups is 4. The predicted octanol–water partition coefficient (Wildman–Crippen LogP) is 0.404. The number of carbonyl (C=O) groups is 2. The second-order valence-corrected chi connectivity index (χ2v) is 8.15. The van der Waals surface area contributed by atoms with Gasteiger partial charge in [0.15, 0.2) is 11.4 Å². The van der Waals surface area contributed by atoms with Crippen LogP contribution in [0.4, 0.5) is 0 Å². The third-order valence-corrected chi connectivity index (χ3v) is 6.52. The summed E-state index contributed by atoms with van der Waals surface area (Å²) in [7, 11) is 0. The summed E-state index contributed by atoms with van der Waals surface area (Å²) in [6, 6.07) is 0.227. The number of nitrogens with zero attached hydrogens (tertiary/aromatic N) is 2. The first kappa shape index (κ1) is 19.2. The molecule has 154 valence electrons. The molecule has 10 nitrogen and oxygen atoms in total. The summed E-state index contributed by atoms with van der Waals surface area (Å²) in [4.78, 5) is 24.9. The summed E-state index contributed by atoms with van der Waals surface area (Å²) in [6.45, 7) is 6.37. The van der Waals surface area contributed by atoms with E-state index in [1.165, 1.54) is 11.8 Å². The quantitative estimate of drug-likeness (QED) is 0.484. The molecule has 0 amide bonds. The van der Waals surface area contributed by atoms with Gasteiger partial charge in [0, 0.05) is 0 Å².